The van der Waals surface area contributed by atoms with E-state index in [-0.39, 0.29) is 17.3 Å². The summed E-state index contributed by atoms with van der Waals surface area (Å²) in [6.45, 7) is 0. The predicted molar refractivity (Wildman–Crippen MR) is 84.6 cm³/mol. The van der Waals surface area contributed by atoms with Crippen LogP contribution in [0.25, 0.3) is 0 Å². The quantitative estimate of drug-likeness (QED) is 0.480. The fourth-order valence-electron chi connectivity index (χ4n) is 1.53. The Balaban J connectivity index is 2.29. The average molecular weight is 404 g/mol. The van der Waals surface area contributed by atoms with Crippen LogP contribution < -0.4 is 10.1 Å². The number of ether oxygens (including phenoxy) is 1. The molecule has 0 saturated carbocycles. The van der Waals surface area contributed by atoms with E-state index in [1.54, 1.807) is 11.4 Å². The van der Waals surface area contributed by atoms with Crippen molar-refractivity contribution in [2.24, 2.45) is 0 Å². The maximum absolute atomic E-state index is 12.0. The fraction of sp³-hybridized carbons (Fsp3) is 0.0833. The van der Waals surface area contributed by atoms with Crippen molar-refractivity contribution in [3.63, 3.8) is 0 Å². The molecule has 1 aromatic carbocycles. The zero-order chi connectivity index (χ0) is 14.7. The molecule has 1 amide bonds. The van der Waals surface area contributed by atoms with Crippen LogP contribution in [-0.2, 0) is 0 Å². The fourth-order valence-corrected chi connectivity index (χ4v) is 2.86. The third-order valence-corrected chi connectivity index (χ3v) is 4.26. The van der Waals surface area contributed by atoms with Gasteiger partial charge in [0.25, 0.3) is 11.6 Å². The maximum Gasteiger partial charge on any atom is 0.271 e. The van der Waals surface area contributed by atoms with E-state index < -0.39 is 4.92 Å². The number of benzene rings is 1. The number of non-ortho nitro benzene ring substituents is 1. The Morgan fingerprint density at radius 2 is 2.20 bits per heavy atom. The number of amides is 1. The number of methoxy groups -OCH3 is 1. The van der Waals surface area contributed by atoms with Crippen molar-refractivity contribution >= 4 is 51.2 Å². The van der Waals surface area contributed by atoms with E-state index in [1.807, 2.05) is 0 Å². The Morgan fingerprint density at radius 3 is 2.75 bits per heavy atom. The Labute approximate surface area is 132 Å². The molecular formula is C12H9IN2O4S. The third kappa shape index (κ3) is 3.25. The number of hydrogen-bond donors (Lipinski definition) is 1. The minimum atomic E-state index is -0.525. The van der Waals surface area contributed by atoms with Crippen LogP contribution in [0.4, 0.5) is 11.4 Å². The standard InChI is InChI=1S/C12H9IN2O4S/c1-19-10-3-2-8(15(17)18)5-9(10)14-12(16)7-4-11(13)20-6-7/h2-6H,1H3,(H,14,16). The van der Waals surface area contributed by atoms with E-state index in [4.69, 9.17) is 4.74 Å². The lowest BCUT2D eigenvalue weighted by Crippen LogP contribution is -2.12. The maximum atomic E-state index is 12.0. The molecule has 1 aromatic heterocycles. The van der Waals surface area contributed by atoms with Crippen LogP contribution in [0, 0.1) is 13.0 Å². The highest BCUT2D eigenvalue weighted by molar-refractivity contribution is 14.1. The van der Waals surface area contributed by atoms with Crippen LogP contribution in [0.5, 0.6) is 5.75 Å². The van der Waals surface area contributed by atoms with Crippen molar-refractivity contribution in [2.45, 2.75) is 0 Å². The van der Waals surface area contributed by atoms with Crippen LogP contribution in [-0.4, -0.2) is 17.9 Å². The zero-order valence-electron chi connectivity index (χ0n) is 10.3. The van der Waals surface area contributed by atoms with Gasteiger partial charge < -0.3 is 10.1 Å². The normalized spacial score (nSPS) is 10.1. The van der Waals surface area contributed by atoms with Crippen LogP contribution in [0.3, 0.4) is 0 Å². The second-order valence-corrected chi connectivity index (χ2v) is 6.54. The number of halogens is 1. The Hall–Kier alpha value is -1.68. The molecular weight excluding hydrogens is 395 g/mol. The number of nitrogens with zero attached hydrogens (tertiary/aromatic N) is 1. The minimum absolute atomic E-state index is 0.110. The first-order valence-corrected chi connectivity index (χ1v) is 7.35. The molecule has 2 rings (SSSR count). The molecule has 0 aliphatic heterocycles. The number of carbonyl (C=O) groups excluding carboxylic acids is 1. The first-order valence-electron chi connectivity index (χ1n) is 5.39. The number of rotatable bonds is 4. The molecule has 0 spiro atoms. The topological polar surface area (TPSA) is 81.5 Å². The number of anilines is 1. The highest BCUT2D eigenvalue weighted by Gasteiger charge is 2.15. The molecule has 1 heterocycles. The summed E-state index contributed by atoms with van der Waals surface area (Å²) in [7, 11) is 1.43. The van der Waals surface area contributed by atoms with Gasteiger partial charge in [-0.2, -0.15) is 0 Å². The lowest BCUT2D eigenvalue weighted by Gasteiger charge is -2.09. The molecule has 0 bridgehead atoms. The average Bonchev–Trinajstić information content (AvgIpc) is 2.85. The first kappa shape index (κ1) is 14.7. The van der Waals surface area contributed by atoms with Gasteiger partial charge in [0.2, 0.25) is 0 Å². The molecule has 0 aliphatic carbocycles. The van der Waals surface area contributed by atoms with Gasteiger partial charge in [-0.3, -0.25) is 14.9 Å². The summed E-state index contributed by atoms with van der Waals surface area (Å²) in [6.07, 6.45) is 0. The SMILES string of the molecule is COc1ccc([N+](=O)[O-])cc1NC(=O)c1csc(I)c1. The number of nitro benzene ring substituents is 1. The van der Waals surface area contributed by atoms with Gasteiger partial charge in [-0.05, 0) is 34.7 Å². The van der Waals surface area contributed by atoms with Gasteiger partial charge in [0.05, 0.1) is 26.2 Å². The number of nitro groups is 1. The molecule has 2 aromatic rings. The van der Waals surface area contributed by atoms with E-state index in [0.29, 0.717) is 11.3 Å². The largest absolute Gasteiger partial charge is 0.495 e. The number of nitrogens with one attached hydrogen (secondary N) is 1. The Bertz CT molecular complexity index is 671. The lowest BCUT2D eigenvalue weighted by molar-refractivity contribution is -0.384. The molecule has 0 saturated heterocycles. The highest BCUT2D eigenvalue weighted by atomic mass is 127. The van der Waals surface area contributed by atoms with Crippen molar-refractivity contribution in [3.05, 3.63) is 48.2 Å². The molecule has 1 N–H and O–H groups in total. The Morgan fingerprint density at radius 1 is 1.45 bits per heavy atom. The van der Waals surface area contributed by atoms with Crippen molar-refractivity contribution in [3.8, 4) is 5.75 Å². The Kier molecular flexibility index (Phi) is 4.55. The molecule has 0 atom stereocenters. The minimum Gasteiger partial charge on any atom is -0.495 e. The molecule has 0 aliphatic rings. The third-order valence-electron chi connectivity index (χ3n) is 2.47. The van der Waals surface area contributed by atoms with Crippen LogP contribution in [0.1, 0.15) is 10.4 Å². The van der Waals surface area contributed by atoms with E-state index >= 15 is 0 Å². The van der Waals surface area contributed by atoms with Crippen LogP contribution in [0.2, 0.25) is 0 Å². The van der Waals surface area contributed by atoms with Gasteiger partial charge in [0.1, 0.15) is 5.75 Å². The van der Waals surface area contributed by atoms with E-state index in [0.717, 1.165) is 2.88 Å². The van der Waals surface area contributed by atoms with Gasteiger partial charge in [-0.25, -0.2) is 0 Å². The monoisotopic (exact) mass is 404 g/mol. The molecule has 0 unspecified atom stereocenters. The van der Waals surface area contributed by atoms with Crippen LogP contribution >= 0.6 is 33.9 Å². The summed E-state index contributed by atoms with van der Waals surface area (Å²) in [5, 5.41) is 15.1. The summed E-state index contributed by atoms with van der Waals surface area (Å²) in [6, 6.07) is 5.78. The van der Waals surface area contributed by atoms with Crippen molar-refractivity contribution < 1.29 is 14.5 Å². The summed E-state index contributed by atoms with van der Waals surface area (Å²) in [5.74, 6) is 0.0387. The van der Waals surface area contributed by atoms with E-state index in [1.165, 1.54) is 36.6 Å². The summed E-state index contributed by atoms with van der Waals surface area (Å²) in [4.78, 5) is 22.3. The number of carbonyl (C=O) groups is 1. The van der Waals surface area contributed by atoms with E-state index in [9.17, 15) is 14.9 Å². The second kappa shape index (κ2) is 6.18. The van der Waals surface area contributed by atoms with Crippen molar-refractivity contribution in [1.29, 1.82) is 0 Å². The zero-order valence-corrected chi connectivity index (χ0v) is 13.2. The lowest BCUT2D eigenvalue weighted by atomic mass is 10.2. The molecule has 8 heteroatoms. The summed E-state index contributed by atoms with van der Waals surface area (Å²) in [5.41, 5.74) is 0.668. The first-order chi connectivity index (χ1) is 9.51. The van der Waals surface area contributed by atoms with Crippen molar-refractivity contribution in [2.75, 3.05) is 12.4 Å². The summed E-state index contributed by atoms with van der Waals surface area (Å²) >= 11 is 3.57. The predicted octanol–water partition coefficient (Wildman–Crippen LogP) is 3.52. The van der Waals surface area contributed by atoms with Crippen molar-refractivity contribution in [1.82, 2.24) is 0 Å². The molecule has 104 valence electrons. The highest BCUT2D eigenvalue weighted by Crippen LogP contribution is 2.29. The van der Waals surface area contributed by atoms with Gasteiger partial charge in [0.15, 0.2) is 0 Å². The van der Waals surface area contributed by atoms with Gasteiger partial charge in [0, 0.05) is 17.5 Å². The number of hydrogen-bond acceptors (Lipinski definition) is 5. The van der Waals surface area contributed by atoms with Gasteiger partial charge in [-0.1, -0.05) is 0 Å². The second-order valence-electron chi connectivity index (χ2n) is 3.74. The molecule has 20 heavy (non-hydrogen) atoms. The van der Waals surface area contributed by atoms with Gasteiger partial charge >= 0.3 is 0 Å². The smallest absolute Gasteiger partial charge is 0.271 e. The van der Waals surface area contributed by atoms with Gasteiger partial charge in [-0.15, -0.1) is 11.3 Å². The molecule has 6 nitrogen and oxygen atoms in total. The molecule has 0 radical (unpaired) electrons. The molecule has 0 fully saturated rings. The van der Waals surface area contributed by atoms with Crippen LogP contribution in [0.15, 0.2) is 29.6 Å². The summed E-state index contributed by atoms with van der Waals surface area (Å²) < 4.78 is 6.07. The number of thiophene rings is 1. The van der Waals surface area contributed by atoms with E-state index in [2.05, 4.69) is 27.9 Å².